The van der Waals surface area contributed by atoms with Crippen molar-refractivity contribution in [1.29, 1.82) is 0 Å². The molecule has 0 aromatic heterocycles. The van der Waals surface area contributed by atoms with Crippen LogP contribution in [0.5, 0.6) is 5.75 Å². The number of fused-ring (bicyclic) bond motifs is 1. The van der Waals surface area contributed by atoms with Crippen LogP contribution in [-0.4, -0.2) is 13.7 Å². The van der Waals surface area contributed by atoms with Crippen LogP contribution in [0.2, 0.25) is 0 Å². The predicted molar refractivity (Wildman–Crippen MR) is 86.0 cm³/mol. The number of rotatable bonds is 6. The molecule has 2 saturated carbocycles. The SMILES string of the molecule is CCCNC(c1cc(Br)ccc1OC)C1C2CCCC21. The summed E-state index contributed by atoms with van der Waals surface area (Å²) in [6.45, 7) is 3.31. The average Bonchev–Trinajstić information content (AvgIpc) is 2.92. The number of methoxy groups -OCH3 is 1. The van der Waals surface area contributed by atoms with Gasteiger partial charge < -0.3 is 10.1 Å². The normalized spacial score (nSPS) is 29.1. The van der Waals surface area contributed by atoms with E-state index in [2.05, 4.69) is 46.4 Å². The van der Waals surface area contributed by atoms with Gasteiger partial charge in [-0.2, -0.15) is 0 Å². The number of hydrogen-bond acceptors (Lipinski definition) is 2. The predicted octanol–water partition coefficient (Wildman–Crippen LogP) is 4.54. The molecule has 3 unspecified atom stereocenters. The van der Waals surface area contributed by atoms with Crippen molar-refractivity contribution in [1.82, 2.24) is 5.32 Å². The van der Waals surface area contributed by atoms with Gasteiger partial charge in [0.05, 0.1) is 7.11 Å². The van der Waals surface area contributed by atoms with Gasteiger partial charge in [-0.15, -0.1) is 0 Å². The number of hydrogen-bond donors (Lipinski definition) is 1. The highest BCUT2D eigenvalue weighted by atomic mass is 79.9. The fourth-order valence-electron chi connectivity index (χ4n) is 4.07. The van der Waals surface area contributed by atoms with Gasteiger partial charge in [0.2, 0.25) is 0 Å². The highest BCUT2D eigenvalue weighted by Gasteiger charge is 2.56. The number of benzene rings is 1. The van der Waals surface area contributed by atoms with Gasteiger partial charge in [-0.1, -0.05) is 29.3 Å². The molecule has 1 N–H and O–H groups in total. The molecule has 0 aliphatic heterocycles. The zero-order chi connectivity index (χ0) is 14.1. The van der Waals surface area contributed by atoms with Crippen molar-refractivity contribution in [3.8, 4) is 5.75 Å². The Bertz CT molecular complexity index is 466. The molecular weight excluding hydrogens is 314 g/mol. The summed E-state index contributed by atoms with van der Waals surface area (Å²) in [5.41, 5.74) is 1.33. The van der Waals surface area contributed by atoms with Gasteiger partial charge in [-0.3, -0.25) is 0 Å². The summed E-state index contributed by atoms with van der Waals surface area (Å²) in [6, 6.07) is 6.84. The van der Waals surface area contributed by atoms with E-state index in [0.29, 0.717) is 6.04 Å². The maximum Gasteiger partial charge on any atom is 0.123 e. The standard InChI is InChI=1S/C17H24BrNO/c1-3-9-19-17(16-12-5-4-6-13(12)16)14-10-11(18)7-8-15(14)20-2/h7-8,10,12-13,16-17,19H,3-6,9H2,1-2H3. The van der Waals surface area contributed by atoms with E-state index in [1.807, 2.05) is 0 Å². The van der Waals surface area contributed by atoms with Crippen molar-refractivity contribution in [2.75, 3.05) is 13.7 Å². The Hall–Kier alpha value is -0.540. The zero-order valence-electron chi connectivity index (χ0n) is 12.4. The molecule has 0 spiro atoms. The second-order valence-electron chi connectivity index (χ2n) is 6.15. The minimum absolute atomic E-state index is 0.456. The van der Waals surface area contributed by atoms with Crippen LogP contribution in [0.4, 0.5) is 0 Å². The Labute approximate surface area is 130 Å². The lowest BCUT2D eigenvalue weighted by Gasteiger charge is -2.23. The molecule has 20 heavy (non-hydrogen) atoms. The van der Waals surface area contributed by atoms with Gasteiger partial charge in [0.15, 0.2) is 0 Å². The molecule has 2 aliphatic rings. The molecule has 0 bridgehead atoms. The third-order valence-corrected chi connectivity index (χ3v) is 5.49. The molecule has 2 fully saturated rings. The van der Waals surface area contributed by atoms with Crippen LogP contribution in [0.1, 0.15) is 44.2 Å². The Balaban J connectivity index is 1.87. The molecule has 0 saturated heterocycles. The Kier molecular flexibility index (Phi) is 4.37. The summed E-state index contributed by atoms with van der Waals surface area (Å²) in [4.78, 5) is 0. The summed E-state index contributed by atoms with van der Waals surface area (Å²) in [5, 5.41) is 3.78. The van der Waals surface area contributed by atoms with E-state index < -0.39 is 0 Å². The summed E-state index contributed by atoms with van der Waals surface area (Å²) >= 11 is 3.61. The monoisotopic (exact) mass is 337 g/mol. The fraction of sp³-hybridized carbons (Fsp3) is 0.647. The van der Waals surface area contributed by atoms with Crippen molar-refractivity contribution >= 4 is 15.9 Å². The second-order valence-corrected chi connectivity index (χ2v) is 7.07. The maximum absolute atomic E-state index is 5.60. The van der Waals surface area contributed by atoms with Crippen molar-refractivity contribution in [2.45, 2.75) is 38.6 Å². The highest BCUT2D eigenvalue weighted by molar-refractivity contribution is 9.10. The number of halogens is 1. The van der Waals surface area contributed by atoms with Crippen LogP contribution >= 0.6 is 15.9 Å². The molecule has 2 aliphatic carbocycles. The van der Waals surface area contributed by atoms with E-state index in [9.17, 15) is 0 Å². The van der Waals surface area contributed by atoms with Gasteiger partial charge in [0, 0.05) is 16.1 Å². The Morgan fingerprint density at radius 3 is 2.75 bits per heavy atom. The molecule has 110 valence electrons. The van der Waals surface area contributed by atoms with E-state index in [0.717, 1.165) is 34.5 Å². The van der Waals surface area contributed by atoms with Crippen molar-refractivity contribution in [3.63, 3.8) is 0 Å². The maximum atomic E-state index is 5.60. The van der Waals surface area contributed by atoms with Crippen LogP contribution < -0.4 is 10.1 Å². The Morgan fingerprint density at radius 2 is 2.10 bits per heavy atom. The molecule has 0 amide bonds. The van der Waals surface area contributed by atoms with Gasteiger partial charge in [-0.25, -0.2) is 0 Å². The first-order valence-electron chi connectivity index (χ1n) is 7.83. The fourth-order valence-corrected chi connectivity index (χ4v) is 4.45. The van der Waals surface area contributed by atoms with Crippen LogP contribution in [-0.2, 0) is 0 Å². The molecular formula is C17H24BrNO. The molecule has 3 rings (SSSR count). The van der Waals surface area contributed by atoms with Crippen LogP contribution in [0.3, 0.4) is 0 Å². The van der Waals surface area contributed by atoms with Gasteiger partial charge >= 0.3 is 0 Å². The average molecular weight is 338 g/mol. The molecule has 1 aromatic rings. The lowest BCUT2D eigenvalue weighted by molar-refractivity contribution is 0.374. The first-order valence-corrected chi connectivity index (χ1v) is 8.62. The summed E-state index contributed by atoms with van der Waals surface area (Å²) in [5.74, 6) is 3.74. The summed E-state index contributed by atoms with van der Waals surface area (Å²) in [6.07, 6.45) is 5.46. The van der Waals surface area contributed by atoms with E-state index in [4.69, 9.17) is 4.74 Å². The van der Waals surface area contributed by atoms with E-state index in [1.54, 1.807) is 7.11 Å². The van der Waals surface area contributed by atoms with Gasteiger partial charge in [0.25, 0.3) is 0 Å². The quantitative estimate of drug-likeness (QED) is 0.822. The first-order chi connectivity index (χ1) is 9.76. The van der Waals surface area contributed by atoms with Crippen molar-refractivity contribution < 1.29 is 4.74 Å². The smallest absolute Gasteiger partial charge is 0.123 e. The van der Waals surface area contributed by atoms with E-state index >= 15 is 0 Å². The van der Waals surface area contributed by atoms with E-state index in [1.165, 1.54) is 31.2 Å². The third kappa shape index (κ3) is 2.62. The van der Waals surface area contributed by atoms with Crippen LogP contribution in [0.25, 0.3) is 0 Å². The topological polar surface area (TPSA) is 21.3 Å². The minimum Gasteiger partial charge on any atom is -0.496 e. The van der Waals surface area contributed by atoms with Gasteiger partial charge in [0.1, 0.15) is 5.75 Å². The van der Waals surface area contributed by atoms with Crippen LogP contribution in [0, 0.1) is 17.8 Å². The number of nitrogens with one attached hydrogen (secondary N) is 1. The summed E-state index contributed by atoms with van der Waals surface area (Å²) in [7, 11) is 1.78. The van der Waals surface area contributed by atoms with Crippen molar-refractivity contribution in [2.24, 2.45) is 17.8 Å². The molecule has 2 nitrogen and oxygen atoms in total. The van der Waals surface area contributed by atoms with Crippen LogP contribution in [0.15, 0.2) is 22.7 Å². The Morgan fingerprint density at radius 1 is 1.35 bits per heavy atom. The van der Waals surface area contributed by atoms with Crippen molar-refractivity contribution in [3.05, 3.63) is 28.2 Å². The minimum atomic E-state index is 0.456. The summed E-state index contributed by atoms with van der Waals surface area (Å²) < 4.78 is 6.74. The lowest BCUT2D eigenvalue weighted by atomic mass is 9.96. The van der Waals surface area contributed by atoms with Gasteiger partial charge in [-0.05, 0) is 61.8 Å². The zero-order valence-corrected chi connectivity index (χ0v) is 13.9. The second kappa shape index (κ2) is 6.07. The molecule has 3 atom stereocenters. The lowest BCUT2D eigenvalue weighted by Crippen LogP contribution is -2.26. The molecule has 0 heterocycles. The molecule has 3 heteroatoms. The third-order valence-electron chi connectivity index (χ3n) is 5.00. The highest BCUT2D eigenvalue weighted by Crippen LogP contribution is 2.62. The molecule has 1 aromatic carbocycles. The molecule has 0 radical (unpaired) electrons. The number of ether oxygens (including phenoxy) is 1. The largest absolute Gasteiger partial charge is 0.496 e. The van der Waals surface area contributed by atoms with E-state index in [-0.39, 0.29) is 0 Å². The first kappa shape index (κ1) is 14.4.